The van der Waals surface area contributed by atoms with Crippen LogP contribution in [0, 0.1) is 0 Å². The number of carbonyl (C=O) groups is 1. The summed E-state index contributed by atoms with van der Waals surface area (Å²) in [6.07, 6.45) is 6.74. The van der Waals surface area contributed by atoms with Crippen molar-refractivity contribution in [2.24, 2.45) is 0 Å². The van der Waals surface area contributed by atoms with Crippen molar-refractivity contribution in [1.29, 1.82) is 0 Å². The van der Waals surface area contributed by atoms with Gasteiger partial charge in [-0.2, -0.15) is 5.10 Å². The molecule has 1 amide bonds. The van der Waals surface area contributed by atoms with Crippen LogP contribution in [0.1, 0.15) is 10.4 Å². The molecular formula is C16H14ClN5O. The average molecular weight is 328 g/mol. The Hall–Kier alpha value is -2.73. The molecule has 0 saturated carbocycles. The van der Waals surface area contributed by atoms with Gasteiger partial charge in [0.25, 0.3) is 5.91 Å². The topological polar surface area (TPSA) is 72.7 Å². The number of aromatic nitrogens is 4. The molecule has 7 heteroatoms. The lowest BCUT2D eigenvalue weighted by molar-refractivity contribution is 0.0952. The Morgan fingerprint density at radius 1 is 1.17 bits per heavy atom. The van der Waals surface area contributed by atoms with Gasteiger partial charge >= 0.3 is 0 Å². The molecule has 0 fully saturated rings. The first kappa shape index (κ1) is 15.2. The molecule has 3 aromatic rings. The second-order valence-corrected chi connectivity index (χ2v) is 5.20. The highest BCUT2D eigenvalue weighted by Gasteiger charge is 2.09. The van der Waals surface area contributed by atoms with E-state index in [4.69, 9.17) is 11.6 Å². The van der Waals surface area contributed by atoms with Gasteiger partial charge in [0.2, 0.25) is 0 Å². The number of rotatable bonds is 5. The second kappa shape index (κ2) is 7.02. The van der Waals surface area contributed by atoms with Gasteiger partial charge < -0.3 is 5.32 Å². The first-order valence-electron chi connectivity index (χ1n) is 7.06. The van der Waals surface area contributed by atoms with Gasteiger partial charge in [0.1, 0.15) is 11.4 Å². The molecule has 2 aromatic heterocycles. The molecule has 0 unspecified atom stereocenters. The van der Waals surface area contributed by atoms with E-state index in [9.17, 15) is 4.79 Å². The van der Waals surface area contributed by atoms with Crippen LogP contribution in [0.2, 0.25) is 5.02 Å². The van der Waals surface area contributed by atoms with Crippen LogP contribution in [0.25, 0.3) is 11.4 Å². The minimum absolute atomic E-state index is 0.197. The summed E-state index contributed by atoms with van der Waals surface area (Å²) < 4.78 is 1.75. The van der Waals surface area contributed by atoms with E-state index in [1.807, 2.05) is 12.3 Å². The van der Waals surface area contributed by atoms with E-state index in [1.54, 1.807) is 47.5 Å². The number of hydrogen-bond acceptors (Lipinski definition) is 4. The number of amides is 1. The molecule has 23 heavy (non-hydrogen) atoms. The van der Waals surface area contributed by atoms with Crippen LogP contribution >= 0.6 is 11.6 Å². The maximum absolute atomic E-state index is 12.0. The van der Waals surface area contributed by atoms with Crippen molar-refractivity contribution in [2.75, 3.05) is 6.54 Å². The van der Waals surface area contributed by atoms with E-state index in [0.717, 1.165) is 5.69 Å². The molecule has 0 atom stereocenters. The smallest absolute Gasteiger partial charge is 0.252 e. The van der Waals surface area contributed by atoms with Crippen LogP contribution < -0.4 is 5.32 Å². The zero-order valence-corrected chi connectivity index (χ0v) is 12.9. The molecule has 0 aliphatic carbocycles. The number of benzene rings is 1. The molecule has 0 spiro atoms. The minimum atomic E-state index is -0.197. The quantitative estimate of drug-likeness (QED) is 0.781. The van der Waals surface area contributed by atoms with E-state index in [-0.39, 0.29) is 5.91 Å². The summed E-state index contributed by atoms with van der Waals surface area (Å²) in [6, 6.07) is 8.81. The van der Waals surface area contributed by atoms with Crippen LogP contribution in [0.3, 0.4) is 0 Å². The molecule has 1 N–H and O–H groups in total. The largest absolute Gasteiger partial charge is 0.350 e. The lowest BCUT2D eigenvalue weighted by Crippen LogP contribution is -2.27. The molecule has 6 nitrogen and oxygen atoms in total. The van der Waals surface area contributed by atoms with Gasteiger partial charge in [0.15, 0.2) is 0 Å². The lowest BCUT2D eigenvalue weighted by atomic mass is 10.2. The summed E-state index contributed by atoms with van der Waals surface area (Å²) in [5.74, 6) is -0.197. The van der Waals surface area contributed by atoms with Gasteiger partial charge in [-0.05, 0) is 18.2 Å². The van der Waals surface area contributed by atoms with Gasteiger partial charge in [-0.1, -0.05) is 23.7 Å². The van der Waals surface area contributed by atoms with E-state index < -0.39 is 0 Å². The van der Waals surface area contributed by atoms with E-state index >= 15 is 0 Å². The zero-order chi connectivity index (χ0) is 16.1. The van der Waals surface area contributed by atoms with Crippen LogP contribution in [0.15, 0.2) is 55.1 Å². The Bertz CT molecular complexity index is 803. The van der Waals surface area contributed by atoms with E-state index in [0.29, 0.717) is 29.4 Å². The fraction of sp³-hybridized carbons (Fsp3) is 0.125. The summed E-state index contributed by atoms with van der Waals surface area (Å²) in [4.78, 5) is 20.3. The van der Waals surface area contributed by atoms with Gasteiger partial charge in [0.05, 0.1) is 23.3 Å². The number of carbonyl (C=O) groups excluding carboxylic acids is 1. The van der Waals surface area contributed by atoms with Gasteiger partial charge in [-0.15, -0.1) is 0 Å². The van der Waals surface area contributed by atoms with Crippen LogP contribution in [-0.4, -0.2) is 32.2 Å². The van der Waals surface area contributed by atoms with Crippen molar-refractivity contribution in [2.45, 2.75) is 6.54 Å². The third-order valence-electron chi connectivity index (χ3n) is 3.21. The first-order chi connectivity index (χ1) is 11.2. The van der Waals surface area contributed by atoms with Gasteiger partial charge in [0, 0.05) is 25.1 Å². The molecule has 0 saturated heterocycles. The van der Waals surface area contributed by atoms with Gasteiger partial charge in [-0.3, -0.25) is 19.4 Å². The van der Waals surface area contributed by atoms with Crippen LogP contribution in [0.4, 0.5) is 0 Å². The van der Waals surface area contributed by atoms with Gasteiger partial charge in [-0.25, -0.2) is 0 Å². The first-order valence-corrected chi connectivity index (χ1v) is 7.44. The van der Waals surface area contributed by atoms with E-state index in [2.05, 4.69) is 20.4 Å². The van der Waals surface area contributed by atoms with Crippen LogP contribution in [-0.2, 0) is 6.54 Å². The molecule has 0 aliphatic rings. The molecule has 2 heterocycles. The highest BCUT2D eigenvalue weighted by atomic mass is 35.5. The maximum Gasteiger partial charge on any atom is 0.252 e. The predicted octanol–water partition coefficient (Wildman–Crippen LogP) is 2.42. The van der Waals surface area contributed by atoms with Crippen molar-refractivity contribution in [3.05, 3.63) is 65.7 Å². The van der Waals surface area contributed by atoms with Crippen LogP contribution in [0.5, 0.6) is 0 Å². The number of halogens is 1. The Morgan fingerprint density at radius 2 is 2.04 bits per heavy atom. The summed E-state index contributed by atoms with van der Waals surface area (Å²) in [7, 11) is 0. The molecule has 116 valence electrons. The molecule has 0 radical (unpaired) electrons. The van der Waals surface area contributed by atoms with E-state index in [1.165, 1.54) is 0 Å². The molecule has 3 rings (SSSR count). The summed E-state index contributed by atoms with van der Waals surface area (Å²) >= 11 is 5.99. The third kappa shape index (κ3) is 3.73. The number of nitrogens with one attached hydrogen (secondary N) is 1. The Labute approximate surface area is 138 Å². The SMILES string of the molecule is O=C(NCCn1ccc(-c2cnccn2)n1)c1ccccc1Cl. The lowest BCUT2D eigenvalue weighted by Gasteiger charge is -2.06. The molecular weight excluding hydrogens is 314 g/mol. The third-order valence-corrected chi connectivity index (χ3v) is 3.54. The average Bonchev–Trinajstić information content (AvgIpc) is 3.05. The highest BCUT2D eigenvalue weighted by molar-refractivity contribution is 6.33. The molecule has 0 bridgehead atoms. The highest BCUT2D eigenvalue weighted by Crippen LogP contribution is 2.14. The van der Waals surface area contributed by atoms with Crippen molar-refractivity contribution in [3.8, 4) is 11.4 Å². The fourth-order valence-electron chi connectivity index (χ4n) is 2.08. The Morgan fingerprint density at radius 3 is 2.83 bits per heavy atom. The van der Waals surface area contributed by atoms with Crippen molar-refractivity contribution in [1.82, 2.24) is 25.1 Å². The normalized spacial score (nSPS) is 10.5. The number of hydrogen-bond donors (Lipinski definition) is 1. The minimum Gasteiger partial charge on any atom is -0.350 e. The Kier molecular flexibility index (Phi) is 4.63. The predicted molar refractivity (Wildman–Crippen MR) is 87.0 cm³/mol. The summed E-state index contributed by atoms with van der Waals surface area (Å²) in [5, 5.41) is 7.67. The summed E-state index contributed by atoms with van der Waals surface area (Å²) in [6.45, 7) is 1.00. The van der Waals surface area contributed by atoms with Crippen molar-refractivity contribution >= 4 is 17.5 Å². The summed E-state index contributed by atoms with van der Waals surface area (Å²) in [5.41, 5.74) is 1.93. The molecule has 1 aromatic carbocycles. The van der Waals surface area contributed by atoms with Crippen molar-refractivity contribution < 1.29 is 4.79 Å². The monoisotopic (exact) mass is 327 g/mol. The van der Waals surface area contributed by atoms with Crippen molar-refractivity contribution in [3.63, 3.8) is 0 Å². The second-order valence-electron chi connectivity index (χ2n) is 4.79. The molecule has 0 aliphatic heterocycles. The number of nitrogens with zero attached hydrogens (tertiary/aromatic N) is 4. The zero-order valence-electron chi connectivity index (χ0n) is 12.2. The fourth-order valence-corrected chi connectivity index (χ4v) is 2.30. The Balaban J connectivity index is 1.56. The maximum atomic E-state index is 12.0. The standard InChI is InChI=1S/C16H14ClN5O/c17-13-4-2-1-3-12(13)16(23)20-8-10-22-9-5-14(21-22)15-11-18-6-7-19-15/h1-7,9,11H,8,10H2,(H,20,23).